The molecule has 1 aliphatic heterocycles. The molecule has 0 aliphatic carbocycles. The van der Waals surface area contributed by atoms with Crippen LogP contribution in [-0.2, 0) is 26.0 Å². The Morgan fingerprint density at radius 2 is 2.07 bits per heavy atom. The van der Waals surface area contributed by atoms with Gasteiger partial charge in [-0.15, -0.1) is 11.8 Å². The molecular formula is C20H21BrN2O4S2. The highest BCUT2D eigenvalue weighted by Gasteiger charge is 2.23. The standard InChI is InChI=1S/C20H21BrN2O4S2/c1-13-12-28-18-6-5-16(10-17(18)23-20(13)25)29(26,27)8-7-19(24)22-11-14-3-2-4-15(21)9-14/h2-6,9-10,13H,7-8,11-12H2,1H3,(H,22,24)(H,23,25)/t13-/m0/s1. The fourth-order valence-corrected chi connectivity index (χ4v) is 5.47. The Morgan fingerprint density at radius 1 is 1.28 bits per heavy atom. The van der Waals surface area contributed by atoms with Gasteiger partial charge in [-0.05, 0) is 35.9 Å². The van der Waals surface area contributed by atoms with Crippen molar-refractivity contribution in [3.63, 3.8) is 0 Å². The van der Waals surface area contributed by atoms with Crippen molar-refractivity contribution in [3.8, 4) is 0 Å². The molecule has 6 nitrogen and oxygen atoms in total. The van der Waals surface area contributed by atoms with Gasteiger partial charge in [0.25, 0.3) is 0 Å². The maximum Gasteiger partial charge on any atom is 0.228 e. The van der Waals surface area contributed by atoms with Crippen LogP contribution in [0.5, 0.6) is 0 Å². The summed E-state index contributed by atoms with van der Waals surface area (Å²) in [5.41, 5.74) is 1.42. The zero-order chi connectivity index (χ0) is 21.0. The number of halogens is 1. The first-order valence-electron chi connectivity index (χ1n) is 9.06. The van der Waals surface area contributed by atoms with E-state index in [4.69, 9.17) is 0 Å². The largest absolute Gasteiger partial charge is 0.352 e. The summed E-state index contributed by atoms with van der Waals surface area (Å²) in [7, 11) is -3.65. The molecule has 2 amide bonds. The van der Waals surface area contributed by atoms with Crippen molar-refractivity contribution >= 4 is 55.0 Å². The number of hydrogen-bond donors (Lipinski definition) is 2. The lowest BCUT2D eigenvalue weighted by molar-refractivity contribution is -0.121. The highest BCUT2D eigenvalue weighted by Crippen LogP contribution is 2.34. The average molecular weight is 497 g/mol. The quantitative estimate of drug-likeness (QED) is 0.636. The van der Waals surface area contributed by atoms with Crippen LogP contribution < -0.4 is 10.6 Å². The van der Waals surface area contributed by atoms with Crippen molar-refractivity contribution in [2.45, 2.75) is 29.7 Å². The molecule has 0 unspecified atom stereocenters. The Labute approximate surface area is 182 Å². The van der Waals surface area contributed by atoms with Crippen LogP contribution >= 0.6 is 27.7 Å². The molecule has 29 heavy (non-hydrogen) atoms. The summed E-state index contributed by atoms with van der Waals surface area (Å²) in [6.07, 6.45) is -0.133. The van der Waals surface area contributed by atoms with Gasteiger partial charge < -0.3 is 10.6 Å². The number of benzene rings is 2. The second-order valence-electron chi connectivity index (χ2n) is 6.83. The van der Waals surface area contributed by atoms with E-state index in [2.05, 4.69) is 26.6 Å². The van der Waals surface area contributed by atoms with Crippen molar-refractivity contribution in [3.05, 3.63) is 52.5 Å². The fraction of sp³-hybridized carbons (Fsp3) is 0.300. The predicted molar refractivity (Wildman–Crippen MR) is 118 cm³/mol. The van der Waals surface area contributed by atoms with Gasteiger partial charge >= 0.3 is 0 Å². The number of rotatable bonds is 6. The van der Waals surface area contributed by atoms with Crippen molar-refractivity contribution < 1.29 is 18.0 Å². The number of carbonyl (C=O) groups is 2. The number of thioether (sulfide) groups is 1. The van der Waals surface area contributed by atoms with Crippen LogP contribution in [0.1, 0.15) is 18.9 Å². The van der Waals surface area contributed by atoms with E-state index in [1.807, 2.05) is 31.2 Å². The Hall–Kier alpha value is -1.84. The molecule has 0 radical (unpaired) electrons. The van der Waals surface area contributed by atoms with Crippen LogP contribution in [0.4, 0.5) is 5.69 Å². The highest BCUT2D eigenvalue weighted by atomic mass is 79.9. The number of fused-ring (bicyclic) bond motifs is 1. The number of anilines is 1. The van der Waals surface area contributed by atoms with E-state index in [0.717, 1.165) is 14.9 Å². The Balaban J connectivity index is 1.61. The van der Waals surface area contributed by atoms with Gasteiger partial charge in [0, 0.05) is 34.0 Å². The maximum absolute atomic E-state index is 12.7. The molecule has 1 heterocycles. The first-order chi connectivity index (χ1) is 13.7. The molecule has 0 spiro atoms. The van der Waals surface area contributed by atoms with Crippen molar-refractivity contribution in [2.24, 2.45) is 5.92 Å². The zero-order valence-corrected chi connectivity index (χ0v) is 19.0. The maximum atomic E-state index is 12.7. The van der Waals surface area contributed by atoms with E-state index in [1.165, 1.54) is 23.9 Å². The summed E-state index contributed by atoms with van der Waals surface area (Å²) in [5, 5.41) is 5.52. The molecule has 0 aromatic heterocycles. The van der Waals surface area contributed by atoms with Crippen molar-refractivity contribution in [2.75, 3.05) is 16.8 Å². The molecule has 0 bridgehead atoms. The second kappa shape index (κ2) is 9.32. The minimum absolute atomic E-state index is 0.103. The lowest BCUT2D eigenvalue weighted by atomic mass is 10.2. The van der Waals surface area contributed by atoms with Crippen LogP contribution in [0, 0.1) is 5.92 Å². The van der Waals surface area contributed by atoms with Gasteiger partial charge in [-0.1, -0.05) is 35.0 Å². The zero-order valence-electron chi connectivity index (χ0n) is 15.8. The topological polar surface area (TPSA) is 92.3 Å². The van der Waals surface area contributed by atoms with E-state index < -0.39 is 9.84 Å². The lowest BCUT2D eigenvalue weighted by Gasteiger charge is -2.10. The fourth-order valence-electron chi connectivity index (χ4n) is 2.75. The van der Waals surface area contributed by atoms with Gasteiger partial charge in [-0.3, -0.25) is 9.59 Å². The molecule has 1 atom stereocenters. The van der Waals surface area contributed by atoms with Crippen LogP contribution in [0.25, 0.3) is 0 Å². The molecule has 0 fully saturated rings. The average Bonchev–Trinajstić information content (AvgIpc) is 2.83. The highest BCUT2D eigenvalue weighted by molar-refractivity contribution is 9.10. The molecule has 154 valence electrons. The number of carbonyl (C=O) groups excluding carboxylic acids is 2. The van der Waals surface area contributed by atoms with Gasteiger partial charge in [-0.2, -0.15) is 0 Å². The van der Waals surface area contributed by atoms with E-state index in [-0.39, 0.29) is 34.8 Å². The summed E-state index contributed by atoms with van der Waals surface area (Å²) in [4.78, 5) is 25.1. The summed E-state index contributed by atoms with van der Waals surface area (Å²) in [6.45, 7) is 2.16. The number of amides is 2. The molecule has 2 N–H and O–H groups in total. The minimum atomic E-state index is -3.65. The Morgan fingerprint density at radius 3 is 2.83 bits per heavy atom. The van der Waals surface area contributed by atoms with Crippen LogP contribution in [0.15, 0.2) is 56.7 Å². The normalized spacial score (nSPS) is 16.5. The number of hydrogen-bond acceptors (Lipinski definition) is 5. The van der Waals surface area contributed by atoms with Crippen LogP contribution in [0.3, 0.4) is 0 Å². The van der Waals surface area contributed by atoms with Gasteiger partial charge in [0.1, 0.15) is 0 Å². The summed E-state index contributed by atoms with van der Waals surface area (Å²) in [5.74, 6) is -0.267. The second-order valence-corrected chi connectivity index (χ2v) is 10.9. The summed E-state index contributed by atoms with van der Waals surface area (Å²) < 4.78 is 26.2. The third kappa shape index (κ3) is 5.83. The molecular weight excluding hydrogens is 476 g/mol. The van der Waals surface area contributed by atoms with E-state index in [9.17, 15) is 18.0 Å². The van der Waals surface area contributed by atoms with Gasteiger partial charge in [0.2, 0.25) is 11.8 Å². The SMILES string of the molecule is C[C@H]1CSc2ccc(S(=O)(=O)CCC(=O)NCc3cccc(Br)c3)cc2NC1=O. The monoisotopic (exact) mass is 496 g/mol. The minimum Gasteiger partial charge on any atom is -0.352 e. The Kier molecular flexibility index (Phi) is 7.02. The smallest absolute Gasteiger partial charge is 0.228 e. The van der Waals surface area contributed by atoms with Crippen LogP contribution in [0.2, 0.25) is 0 Å². The van der Waals surface area contributed by atoms with E-state index in [0.29, 0.717) is 18.0 Å². The summed E-state index contributed by atoms with van der Waals surface area (Å²) >= 11 is 4.89. The van der Waals surface area contributed by atoms with Gasteiger partial charge in [-0.25, -0.2) is 8.42 Å². The number of nitrogens with one attached hydrogen (secondary N) is 2. The van der Waals surface area contributed by atoms with E-state index >= 15 is 0 Å². The number of sulfone groups is 1. The van der Waals surface area contributed by atoms with Crippen molar-refractivity contribution in [1.82, 2.24) is 5.32 Å². The molecule has 9 heteroatoms. The molecule has 2 aromatic rings. The van der Waals surface area contributed by atoms with Crippen LogP contribution in [-0.4, -0.2) is 31.7 Å². The first kappa shape index (κ1) is 21.9. The van der Waals surface area contributed by atoms with Gasteiger partial charge in [0.15, 0.2) is 9.84 Å². The predicted octanol–water partition coefficient (Wildman–Crippen LogP) is 3.61. The van der Waals surface area contributed by atoms with Gasteiger partial charge in [0.05, 0.1) is 16.3 Å². The molecule has 3 rings (SSSR count). The van der Waals surface area contributed by atoms with E-state index in [1.54, 1.807) is 6.07 Å². The molecule has 0 saturated heterocycles. The Bertz CT molecular complexity index is 1040. The van der Waals surface area contributed by atoms with Crippen molar-refractivity contribution in [1.29, 1.82) is 0 Å². The lowest BCUT2D eigenvalue weighted by Crippen LogP contribution is -2.25. The molecule has 0 saturated carbocycles. The molecule has 2 aromatic carbocycles. The first-order valence-corrected chi connectivity index (χ1v) is 12.5. The summed E-state index contributed by atoms with van der Waals surface area (Å²) in [6, 6.07) is 12.2. The third-order valence-electron chi connectivity index (χ3n) is 4.48. The third-order valence-corrected chi connectivity index (χ3v) is 8.02. The molecule has 1 aliphatic rings.